The summed E-state index contributed by atoms with van der Waals surface area (Å²) in [5.74, 6) is 0.0129. The lowest BCUT2D eigenvalue weighted by molar-refractivity contribution is 0.0711. The monoisotopic (exact) mass is 400 g/mol. The summed E-state index contributed by atoms with van der Waals surface area (Å²) < 4.78 is 28.4. The topological polar surface area (TPSA) is 66.5 Å². The summed E-state index contributed by atoms with van der Waals surface area (Å²) in [5, 5.41) is 0. The zero-order valence-corrected chi connectivity index (χ0v) is 17.8. The number of carbonyl (C=O) groups is 1. The summed E-state index contributed by atoms with van der Waals surface area (Å²) >= 11 is 0. The highest BCUT2D eigenvalue weighted by Gasteiger charge is 2.28. The first kappa shape index (κ1) is 20.6. The molecule has 1 amide bonds. The lowest BCUT2D eigenvalue weighted by atomic mass is 10.0. The van der Waals surface area contributed by atoms with Crippen molar-refractivity contribution in [3.8, 4) is 0 Å². The number of piperidine rings is 1. The Hall–Kier alpha value is -2.18. The number of aryl methyl sites for hydroxylation is 4. The van der Waals surface area contributed by atoms with E-state index in [1.807, 2.05) is 56.0 Å². The Morgan fingerprint density at radius 2 is 1.57 bits per heavy atom. The summed E-state index contributed by atoms with van der Waals surface area (Å²) in [6.07, 6.45) is 1.22. The maximum absolute atomic E-state index is 12.8. The number of hydrogen-bond donors (Lipinski definition) is 1. The third-order valence-electron chi connectivity index (χ3n) is 5.49. The first-order chi connectivity index (χ1) is 13.2. The summed E-state index contributed by atoms with van der Waals surface area (Å²) in [6.45, 7) is 8.81. The van der Waals surface area contributed by atoms with Gasteiger partial charge in [-0.15, -0.1) is 0 Å². The number of sulfonamides is 1. The molecular weight excluding hydrogens is 372 g/mol. The minimum absolute atomic E-state index is 0.0129. The van der Waals surface area contributed by atoms with Crippen LogP contribution in [0.5, 0.6) is 0 Å². The highest BCUT2D eigenvalue weighted by atomic mass is 32.2. The number of amides is 1. The fourth-order valence-electron chi connectivity index (χ4n) is 3.54. The van der Waals surface area contributed by atoms with Crippen LogP contribution in [0.4, 0.5) is 0 Å². The Morgan fingerprint density at radius 1 is 0.929 bits per heavy atom. The van der Waals surface area contributed by atoms with Crippen LogP contribution in [0.3, 0.4) is 0 Å². The van der Waals surface area contributed by atoms with Crippen LogP contribution in [0.2, 0.25) is 0 Å². The van der Waals surface area contributed by atoms with Gasteiger partial charge < -0.3 is 4.90 Å². The van der Waals surface area contributed by atoms with E-state index >= 15 is 0 Å². The standard InChI is InChI=1S/C22H28N2O3S/c1-15-5-6-17(3)21(13-15)28(26,27)23-20-9-11-24(12-10-20)22(25)19-8-7-16(2)18(4)14-19/h5-8,13-14,20,23H,9-12H2,1-4H3. The molecule has 0 atom stereocenters. The Labute approximate surface area is 167 Å². The molecule has 5 nitrogen and oxygen atoms in total. The average Bonchev–Trinajstić information content (AvgIpc) is 2.65. The van der Waals surface area contributed by atoms with Crippen molar-refractivity contribution in [2.75, 3.05) is 13.1 Å². The van der Waals surface area contributed by atoms with Crippen LogP contribution in [0.1, 0.15) is 45.5 Å². The summed E-state index contributed by atoms with van der Waals surface area (Å²) in [6, 6.07) is 11.0. The molecule has 0 spiro atoms. The molecule has 2 aromatic carbocycles. The molecule has 0 bridgehead atoms. The van der Waals surface area contributed by atoms with Crippen molar-refractivity contribution in [2.45, 2.75) is 51.5 Å². The van der Waals surface area contributed by atoms with Crippen LogP contribution in [0, 0.1) is 27.7 Å². The van der Waals surface area contributed by atoms with Gasteiger partial charge in [-0.2, -0.15) is 0 Å². The molecule has 1 saturated heterocycles. The van der Waals surface area contributed by atoms with Crippen LogP contribution in [0.25, 0.3) is 0 Å². The van der Waals surface area contributed by atoms with Crippen molar-refractivity contribution in [3.05, 3.63) is 64.2 Å². The van der Waals surface area contributed by atoms with Gasteiger partial charge in [0.05, 0.1) is 4.90 Å². The maximum Gasteiger partial charge on any atom is 0.253 e. The van der Waals surface area contributed by atoms with Crippen molar-refractivity contribution < 1.29 is 13.2 Å². The maximum atomic E-state index is 12.8. The van der Waals surface area contributed by atoms with E-state index < -0.39 is 10.0 Å². The van der Waals surface area contributed by atoms with Crippen LogP contribution in [-0.4, -0.2) is 38.4 Å². The number of rotatable bonds is 4. The first-order valence-electron chi connectivity index (χ1n) is 9.63. The zero-order valence-electron chi connectivity index (χ0n) is 17.0. The molecule has 1 heterocycles. The minimum Gasteiger partial charge on any atom is -0.339 e. The van der Waals surface area contributed by atoms with E-state index in [0.717, 1.165) is 22.3 Å². The van der Waals surface area contributed by atoms with E-state index in [9.17, 15) is 13.2 Å². The van der Waals surface area contributed by atoms with Crippen LogP contribution < -0.4 is 4.72 Å². The first-order valence-corrected chi connectivity index (χ1v) is 11.1. The molecule has 0 aliphatic carbocycles. The largest absolute Gasteiger partial charge is 0.339 e. The van der Waals surface area contributed by atoms with E-state index in [1.165, 1.54) is 0 Å². The van der Waals surface area contributed by atoms with Crippen molar-refractivity contribution in [1.29, 1.82) is 0 Å². The van der Waals surface area contributed by atoms with Gasteiger partial charge >= 0.3 is 0 Å². The van der Waals surface area contributed by atoms with Crippen molar-refractivity contribution in [2.24, 2.45) is 0 Å². The molecular formula is C22H28N2O3S. The molecule has 150 valence electrons. The average molecular weight is 401 g/mol. The molecule has 3 rings (SSSR count). The highest BCUT2D eigenvalue weighted by Crippen LogP contribution is 2.20. The fraction of sp³-hybridized carbons (Fsp3) is 0.409. The number of likely N-dealkylation sites (tertiary alicyclic amines) is 1. The second kappa shape index (κ2) is 8.05. The van der Waals surface area contributed by atoms with Crippen LogP contribution in [-0.2, 0) is 10.0 Å². The minimum atomic E-state index is -3.57. The normalized spacial score (nSPS) is 15.6. The third kappa shape index (κ3) is 4.45. The van der Waals surface area contributed by atoms with Gasteiger partial charge in [0.2, 0.25) is 10.0 Å². The molecule has 0 radical (unpaired) electrons. The second-order valence-corrected chi connectivity index (χ2v) is 9.44. The molecule has 1 fully saturated rings. The molecule has 28 heavy (non-hydrogen) atoms. The number of nitrogens with zero attached hydrogens (tertiary/aromatic N) is 1. The predicted molar refractivity (Wildman–Crippen MR) is 111 cm³/mol. The van der Waals surface area contributed by atoms with E-state index in [-0.39, 0.29) is 11.9 Å². The highest BCUT2D eigenvalue weighted by molar-refractivity contribution is 7.89. The van der Waals surface area contributed by atoms with Crippen molar-refractivity contribution in [3.63, 3.8) is 0 Å². The van der Waals surface area contributed by atoms with Gasteiger partial charge in [0.25, 0.3) is 5.91 Å². The molecule has 6 heteroatoms. The van der Waals surface area contributed by atoms with Gasteiger partial charge in [0, 0.05) is 24.7 Å². The fourth-order valence-corrected chi connectivity index (χ4v) is 5.17. The van der Waals surface area contributed by atoms with Crippen LogP contribution >= 0.6 is 0 Å². The van der Waals surface area contributed by atoms with E-state index in [0.29, 0.717) is 36.4 Å². The quantitative estimate of drug-likeness (QED) is 0.854. The lowest BCUT2D eigenvalue weighted by Gasteiger charge is -2.32. The van der Waals surface area contributed by atoms with Gasteiger partial charge in [0.1, 0.15) is 0 Å². The van der Waals surface area contributed by atoms with Gasteiger partial charge in [-0.25, -0.2) is 13.1 Å². The van der Waals surface area contributed by atoms with Gasteiger partial charge in [-0.3, -0.25) is 4.79 Å². The predicted octanol–water partition coefficient (Wildman–Crippen LogP) is 3.50. The number of nitrogens with one attached hydrogen (secondary N) is 1. The van der Waals surface area contributed by atoms with Gasteiger partial charge in [0.15, 0.2) is 0 Å². The molecule has 0 aromatic heterocycles. The molecule has 2 aromatic rings. The second-order valence-electron chi connectivity index (χ2n) is 7.76. The number of benzene rings is 2. The van der Waals surface area contributed by atoms with E-state index in [1.54, 1.807) is 13.0 Å². The smallest absolute Gasteiger partial charge is 0.253 e. The lowest BCUT2D eigenvalue weighted by Crippen LogP contribution is -2.46. The summed E-state index contributed by atoms with van der Waals surface area (Å²) in [7, 11) is -3.57. The summed E-state index contributed by atoms with van der Waals surface area (Å²) in [4.78, 5) is 14.9. The van der Waals surface area contributed by atoms with E-state index in [2.05, 4.69) is 4.72 Å². The number of hydrogen-bond acceptors (Lipinski definition) is 3. The Balaban J connectivity index is 1.64. The zero-order chi connectivity index (χ0) is 20.5. The molecule has 0 saturated carbocycles. The Bertz CT molecular complexity index is 991. The Kier molecular flexibility index (Phi) is 5.91. The molecule has 1 aliphatic heterocycles. The summed E-state index contributed by atoms with van der Waals surface area (Å²) in [5.41, 5.74) is 4.61. The number of carbonyl (C=O) groups excluding carboxylic acids is 1. The van der Waals surface area contributed by atoms with Gasteiger partial charge in [-0.1, -0.05) is 18.2 Å². The molecule has 0 unspecified atom stereocenters. The third-order valence-corrected chi connectivity index (χ3v) is 7.15. The van der Waals surface area contributed by atoms with Crippen molar-refractivity contribution in [1.82, 2.24) is 9.62 Å². The van der Waals surface area contributed by atoms with Crippen molar-refractivity contribution >= 4 is 15.9 Å². The molecule has 1 aliphatic rings. The SMILES string of the molecule is Cc1ccc(C)c(S(=O)(=O)NC2CCN(C(=O)c3ccc(C)c(C)c3)CC2)c1. The van der Waals surface area contributed by atoms with Gasteiger partial charge in [-0.05, 0) is 81.0 Å². The van der Waals surface area contributed by atoms with E-state index in [4.69, 9.17) is 0 Å². The Morgan fingerprint density at radius 3 is 2.21 bits per heavy atom. The van der Waals surface area contributed by atoms with Crippen LogP contribution in [0.15, 0.2) is 41.3 Å². The molecule has 1 N–H and O–H groups in total.